The minimum absolute atomic E-state index is 0.330. The zero-order valence-electron chi connectivity index (χ0n) is 15.6. The quantitative estimate of drug-likeness (QED) is 0.346. The molecule has 7 heteroatoms. The highest BCUT2D eigenvalue weighted by Gasteiger charge is 2.48. The molecule has 0 saturated heterocycles. The normalized spacial score (nSPS) is 15.3. The fourth-order valence-electron chi connectivity index (χ4n) is 2.72. The molecule has 0 heterocycles. The Morgan fingerprint density at radius 1 is 0.778 bits per heavy atom. The van der Waals surface area contributed by atoms with Crippen LogP contribution in [0.5, 0.6) is 11.5 Å². The maximum atomic E-state index is 11.2. The monoisotopic (exact) mass is 374 g/mol. The molecular formula is C20H22O7. The lowest BCUT2D eigenvalue weighted by Gasteiger charge is -2.40. The summed E-state index contributed by atoms with van der Waals surface area (Å²) >= 11 is 0. The molecule has 0 aliphatic carbocycles. The van der Waals surface area contributed by atoms with Gasteiger partial charge in [0.2, 0.25) is 0 Å². The van der Waals surface area contributed by atoms with Crippen LogP contribution >= 0.6 is 0 Å². The van der Waals surface area contributed by atoms with Gasteiger partial charge in [0.25, 0.3) is 0 Å². The molecule has 0 aliphatic rings. The summed E-state index contributed by atoms with van der Waals surface area (Å²) in [7, 11) is 0. The van der Waals surface area contributed by atoms with Gasteiger partial charge < -0.3 is 14.6 Å². The number of aliphatic hydroxyl groups is 1. The van der Waals surface area contributed by atoms with Gasteiger partial charge in [0.1, 0.15) is 17.1 Å². The second kappa shape index (κ2) is 7.87. The topological polar surface area (TPSA) is 102 Å². The van der Waals surface area contributed by atoms with Crippen LogP contribution < -0.4 is 9.47 Å². The molecule has 0 saturated carbocycles. The van der Waals surface area contributed by atoms with Gasteiger partial charge >= 0.3 is 11.9 Å². The van der Waals surface area contributed by atoms with E-state index in [4.69, 9.17) is 14.4 Å². The maximum absolute atomic E-state index is 11.2. The van der Waals surface area contributed by atoms with E-state index in [1.165, 1.54) is 52.0 Å². The molecule has 0 spiro atoms. The third kappa shape index (κ3) is 4.33. The van der Waals surface area contributed by atoms with Crippen LogP contribution in [0.25, 0.3) is 0 Å². The zero-order valence-corrected chi connectivity index (χ0v) is 15.6. The Morgan fingerprint density at radius 2 is 1.15 bits per heavy atom. The van der Waals surface area contributed by atoms with E-state index < -0.39 is 23.1 Å². The molecule has 2 atom stereocenters. The molecule has 7 nitrogen and oxygen atoms in total. The van der Waals surface area contributed by atoms with Gasteiger partial charge in [-0.25, -0.2) is 4.89 Å². The third-order valence-electron chi connectivity index (χ3n) is 4.46. The standard InChI is InChI=1S/C20H22O7/c1-13(21)25-17-9-5-15(6-10-17)19(3,23)20(4,27-24)16-7-11-18(12-8-16)26-14(2)22/h5-12,23-24H,1-4H3. The lowest BCUT2D eigenvalue weighted by molar-refractivity contribution is -0.367. The molecule has 0 radical (unpaired) electrons. The molecule has 0 aliphatic heterocycles. The summed E-state index contributed by atoms with van der Waals surface area (Å²) in [5, 5.41) is 20.8. The van der Waals surface area contributed by atoms with Crippen LogP contribution in [-0.4, -0.2) is 22.3 Å². The van der Waals surface area contributed by atoms with Gasteiger partial charge in [0.15, 0.2) is 5.60 Å². The minimum atomic E-state index is -1.65. The van der Waals surface area contributed by atoms with E-state index in [1.54, 1.807) is 24.3 Å². The molecule has 0 aromatic heterocycles. The molecule has 2 aromatic carbocycles. The van der Waals surface area contributed by atoms with Crippen molar-refractivity contribution in [2.24, 2.45) is 0 Å². The molecule has 2 unspecified atom stereocenters. The van der Waals surface area contributed by atoms with E-state index in [2.05, 4.69) is 0 Å². The number of hydrogen-bond acceptors (Lipinski definition) is 7. The highest BCUT2D eigenvalue weighted by atomic mass is 17.1. The number of rotatable bonds is 6. The summed E-state index contributed by atoms with van der Waals surface area (Å²) in [5.41, 5.74) is -2.31. The van der Waals surface area contributed by atoms with Gasteiger partial charge in [-0.2, -0.15) is 0 Å². The molecule has 2 aromatic rings. The molecule has 2 rings (SSSR count). The molecule has 144 valence electrons. The highest BCUT2D eigenvalue weighted by Crippen LogP contribution is 2.43. The Bertz CT molecular complexity index is 809. The second-order valence-corrected chi connectivity index (χ2v) is 6.43. The fraction of sp³-hybridized carbons (Fsp3) is 0.300. The SMILES string of the molecule is CC(=O)Oc1ccc(C(C)(O)C(C)(OO)c2ccc(OC(C)=O)cc2)cc1. The number of carbonyl (C=O) groups is 2. The molecule has 0 bridgehead atoms. The number of carbonyl (C=O) groups excluding carboxylic acids is 2. The van der Waals surface area contributed by atoms with Gasteiger partial charge in [0.05, 0.1) is 0 Å². The summed E-state index contributed by atoms with van der Waals surface area (Å²) in [6.07, 6.45) is 0. The lowest BCUT2D eigenvalue weighted by Crippen LogP contribution is -2.46. The molecule has 2 N–H and O–H groups in total. The Labute approximate surface area is 157 Å². The van der Waals surface area contributed by atoms with Gasteiger partial charge in [-0.15, -0.1) is 0 Å². The van der Waals surface area contributed by atoms with Crippen LogP contribution in [0.3, 0.4) is 0 Å². The average molecular weight is 374 g/mol. The summed E-state index contributed by atoms with van der Waals surface area (Å²) in [6.45, 7) is 5.59. The van der Waals surface area contributed by atoms with Crippen molar-refractivity contribution in [1.29, 1.82) is 0 Å². The first-order valence-electron chi connectivity index (χ1n) is 8.23. The first-order valence-corrected chi connectivity index (χ1v) is 8.23. The van der Waals surface area contributed by atoms with Gasteiger partial charge in [-0.3, -0.25) is 14.8 Å². The van der Waals surface area contributed by atoms with Crippen LogP contribution in [0.1, 0.15) is 38.8 Å². The van der Waals surface area contributed by atoms with Crippen LogP contribution in [-0.2, 0) is 25.7 Å². The zero-order chi connectivity index (χ0) is 20.2. The Balaban J connectivity index is 2.37. The maximum Gasteiger partial charge on any atom is 0.308 e. The first kappa shape index (κ1) is 20.6. The van der Waals surface area contributed by atoms with Gasteiger partial charge in [-0.05, 0) is 49.2 Å². The highest BCUT2D eigenvalue weighted by molar-refractivity contribution is 5.69. The fourth-order valence-corrected chi connectivity index (χ4v) is 2.72. The Hall–Kier alpha value is -2.74. The van der Waals surface area contributed by atoms with E-state index in [-0.39, 0.29) is 0 Å². The summed E-state index contributed by atoms with van der Waals surface area (Å²) in [5.74, 6) is -0.244. The molecule has 0 fully saturated rings. The summed E-state index contributed by atoms with van der Waals surface area (Å²) in [6, 6.07) is 12.4. The number of hydrogen-bond donors (Lipinski definition) is 2. The van der Waals surface area contributed by atoms with E-state index >= 15 is 0 Å². The molecular weight excluding hydrogens is 352 g/mol. The van der Waals surface area contributed by atoms with Crippen molar-refractivity contribution in [1.82, 2.24) is 0 Å². The second-order valence-electron chi connectivity index (χ2n) is 6.43. The van der Waals surface area contributed by atoms with E-state index in [9.17, 15) is 20.0 Å². The van der Waals surface area contributed by atoms with Crippen molar-refractivity contribution in [3.8, 4) is 11.5 Å². The van der Waals surface area contributed by atoms with Gasteiger partial charge in [-0.1, -0.05) is 24.3 Å². The smallest absolute Gasteiger partial charge is 0.308 e. The van der Waals surface area contributed by atoms with Crippen LogP contribution in [0, 0.1) is 0 Å². The van der Waals surface area contributed by atoms with Crippen LogP contribution in [0.4, 0.5) is 0 Å². The lowest BCUT2D eigenvalue weighted by atomic mass is 9.76. The van der Waals surface area contributed by atoms with Crippen LogP contribution in [0.15, 0.2) is 48.5 Å². The predicted octanol–water partition coefficient (Wildman–Crippen LogP) is 3.15. The number of esters is 2. The minimum Gasteiger partial charge on any atom is -0.427 e. The third-order valence-corrected chi connectivity index (χ3v) is 4.46. The van der Waals surface area contributed by atoms with E-state index in [1.807, 2.05) is 0 Å². The first-order chi connectivity index (χ1) is 12.6. The Morgan fingerprint density at radius 3 is 1.48 bits per heavy atom. The van der Waals surface area contributed by atoms with Crippen molar-refractivity contribution in [3.63, 3.8) is 0 Å². The van der Waals surface area contributed by atoms with Crippen molar-refractivity contribution >= 4 is 11.9 Å². The Kier molecular flexibility index (Phi) is 6.00. The largest absolute Gasteiger partial charge is 0.427 e. The van der Waals surface area contributed by atoms with Crippen molar-refractivity contribution in [2.75, 3.05) is 0 Å². The number of benzene rings is 2. The van der Waals surface area contributed by atoms with E-state index in [0.29, 0.717) is 22.6 Å². The average Bonchev–Trinajstić information content (AvgIpc) is 2.61. The van der Waals surface area contributed by atoms with Crippen molar-refractivity contribution in [3.05, 3.63) is 59.7 Å². The molecule has 27 heavy (non-hydrogen) atoms. The van der Waals surface area contributed by atoms with Crippen molar-refractivity contribution in [2.45, 2.75) is 38.9 Å². The summed E-state index contributed by atoms with van der Waals surface area (Å²) < 4.78 is 9.97. The van der Waals surface area contributed by atoms with Gasteiger partial charge in [0, 0.05) is 13.8 Å². The molecule has 0 amide bonds. The van der Waals surface area contributed by atoms with Crippen molar-refractivity contribution < 1.29 is 34.3 Å². The van der Waals surface area contributed by atoms with Crippen LogP contribution in [0.2, 0.25) is 0 Å². The summed E-state index contributed by atoms with van der Waals surface area (Å²) in [4.78, 5) is 26.8. The van der Waals surface area contributed by atoms with E-state index in [0.717, 1.165) is 0 Å². The number of ether oxygens (including phenoxy) is 2. The predicted molar refractivity (Wildman–Crippen MR) is 96.1 cm³/mol.